The van der Waals surface area contributed by atoms with Gasteiger partial charge in [-0.1, -0.05) is 47.7 Å². The first-order valence-electron chi connectivity index (χ1n) is 9.50. The quantitative estimate of drug-likeness (QED) is 0.460. The topological polar surface area (TPSA) is 113 Å². The summed E-state index contributed by atoms with van der Waals surface area (Å²) < 4.78 is 29.0. The van der Waals surface area contributed by atoms with Gasteiger partial charge in [-0.2, -0.15) is 0 Å². The molecule has 3 aromatic carbocycles. The summed E-state index contributed by atoms with van der Waals surface area (Å²) in [6, 6.07) is 14.3. The third-order valence-electron chi connectivity index (χ3n) is 4.40. The van der Waals surface area contributed by atoms with E-state index in [4.69, 9.17) is 16.7 Å². The van der Waals surface area contributed by atoms with Crippen LogP contribution < -0.4 is 10.0 Å². The largest absolute Gasteiger partial charge is 0.481 e. The predicted octanol–water partition coefficient (Wildman–Crippen LogP) is 4.47. The maximum atomic E-state index is 13.2. The van der Waals surface area contributed by atoms with Crippen molar-refractivity contribution in [2.75, 3.05) is 10.0 Å². The van der Waals surface area contributed by atoms with Crippen LogP contribution in [0.25, 0.3) is 10.8 Å². The lowest BCUT2D eigenvalue weighted by Gasteiger charge is -2.14. The molecule has 0 bridgehead atoms. The van der Waals surface area contributed by atoms with Gasteiger partial charge in [0.05, 0.1) is 22.6 Å². The summed E-state index contributed by atoms with van der Waals surface area (Å²) in [6.45, 7) is 1.38. The maximum Gasteiger partial charge on any atom is 0.304 e. The average Bonchev–Trinajstić information content (AvgIpc) is 2.72. The summed E-state index contributed by atoms with van der Waals surface area (Å²) >= 11 is 6.03. The fourth-order valence-electron chi connectivity index (χ4n) is 3.05. The number of amides is 1. The van der Waals surface area contributed by atoms with E-state index in [2.05, 4.69) is 21.9 Å². The molecule has 3 aromatic rings. The lowest BCUT2D eigenvalue weighted by Crippen LogP contribution is -2.14. The van der Waals surface area contributed by atoms with E-state index in [1.807, 2.05) is 0 Å². The number of hydrogen-bond acceptors (Lipinski definition) is 4. The number of sulfonamides is 1. The maximum absolute atomic E-state index is 13.2. The van der Waals surface area contributed by atoms with E-state index in [0.717, 1.165) is 0 Å². The second-order valence-electron chi connectivity index (χ2n) is 6.83. The minimum atomic E-state index is -4.03. The molecule has 3 N–H and O–H groups in total. The fourth-order valence-corrected chi connectivity index (χ4v) is 4.52. The summed E-state index contributed by atoms with van der Waals surface area (Å²) in [5, 5.41) is 12.8. The number of benzene rings is 3. The zero-order valence-corrected chi connectivity index (χ0v) is 18.5. The molecule has 32 heavy (non-hydrogen) atoms. The summed E-state index contributed by atoms with van der Waals surface area (Å²) in [6.07, 6.45) is -0.00938. The molecule has 0 fully saturated rings. The van der Waals surface area contributed by atoms with Gasteiger partial charge < -0.3 is 10.4 Å². The Morgan fingerprint density at radius 3 is 2.47 bits per heavy atom. The molecule has 0 aliphatic carbocycles. The fraction of sp³-hybridized carbons (Fsp3) is 0.130. The summed E-state index contributed by atoms with van der Waals surface area (Å²) in [5.41, 5.74) is 1.04. The smallest absolute Gasteiger partial charge is 0.304 e. The first-order valence-corrected chi connectivity index (χ1v) is 11.4. The third kappa shape index (κ3) is 5.58. The van der Waals surface area contributed by atoms with Crippen LogP contribution in [0.1, 0.15) is 25.3 Å². The molecule has 1 amide bonds. The van der Waals surface area contributed by atoms with E-state index in [1.54, 1.807) is 30.3 Å². The Morgan fingerprint density at radius 1 is 1.03 bits per heavy atom. The molecular formula is C23H19ClN2O5S. The van der Waals surface area contributed by atoms with E-state index in [9.17, 15) is 18.0 Å². The SMILES string of the molecule is CC(=O)Nc1cccc2c(S(=O)(=O)Nc3ccc(Cl)cc3C#CCCC(=O)O)cccc12. The number of carboxylic acids is 1. The molecule has 9 heteroatoms. The van der Waals surface area contributed by atoms with Gasteiger partial charge in [0.1, 0.15) is 0 Å². The van der Waals surface area contributed by atoms with Crippen LogP contribution in [0.4, 0.5) is 11.4 Å². The van der Waals surface area contributed by atoms with Gasteiger partial charge in [-0.05, 0) is 30.3 Å². The molecule has 164 valence electrons. The number of carbonyl (C=O) groups excluding carboxylic acids is 1. The number of rotatable bonds is 6. The number of nitrogens with one attached hydrogen (secondary N) is 2. The molecule has 0 heterocycles. The summed E-state index contributed by atoms with van der Waals surface area (Å²) in [4.78, 5) is 22.2. The first-order chi connectivity index (χ1) is 15.2. The second kappa shape index (κ2) is 9.73. The monoisotopic (exact) mass is 470 g/mol. The highest BCUT2D eigenvalue weighted by atomic mass is 35.5. The van der Waals surface area contributed by atoms with Crippen LogP contribution in [0.15, 0.2) is 59.5 Å². The van der Waals surface area contributed by atoms with Crippen LogP contribution in [0.3, 0.4) is 0 Å². The number of fused-ring (bicyclic) bond motifs is 1. The number of hydrogen-bond donors (Lipinski definition) is 3. The van der Waals surface area contributed by atoms with Gasteiger partial charge in [-0.3, -0.25) is 14.3 Å². The number of anilines is 2. The lowest BCUT2D eigenvalue weighted by atomic mass is 10.1. The van der Waals surface area contributed by atoms with Crippen LogP contribution in [-0.4, -0.2) is 25.4 Å². The number of halogens is 1. The van der Waals surface area contributed by atoms with Gasteiger partial charge in [0, 0.05) is 34.8 Å². The average molecular weight is 471 g/mol. The van der Waals surface area contributed by atoms with E-state index in [0.29, 0.717) is 27.0 Å². The molecule has 0 aliphatic heterocycles. The van der Waals surface area contributed by atoms with Gasteiger partial charge in [0.2, 0.25) is 5.91 Å². The van der Waals surface area contributed by atoms with Gasteiger partial charge >= 0.3 is 5.97 Å². The van der Waals surface area contributed by atoms with E-state index in [-0.39, 0.29) is 29.3 Å². The molecular weight excluding hydrogens is 452 g/mol. The molecule has 0 radical (unpaired) electrons. The van der Waals surface area contributed by atoms with Crippen molar-refractivity contribution in [2.45, 2.75) is 24.7 Å². The van der Waals surface area contributed by atoms with Crippen LogP contribution in [0.2, 0.25) is 5.02 Å². The van der Waals surface area contributed by atoms with Crippen LogP contribution in [0.5, 0.6) is 0 Å². The zero-order chi connectivity index (χ0) is 23.3. The number of carbonyl (C=O) groups is 2. The van der Waals surface area contributed by atoms with Gasteiger partial charge in [0.15, 0.2) is 0 Å². The Balaban J connectivity index is 2.01. The molecule has 0 atom stereocenters. The molecule has 0 aromatic heterocycles. The van der Waals surface area contributed by atoms with Crippen molar-refractivity contribution in [2.24, 2.45) is 0 Å². The van der Waals surface area contributed by atoms with Crippen LogP contribution >= 0.6 is 11.6 Å². The minimum absolute atomic E-state index is 0.0296. The van der Waals surface area contributed by atoms with Gasteiger partial charge in [-0.25, -0.2) is 8.42 Å². The minimum Gasteiger partial charge on any atom is -0.481 e. The lowest BCUT2D eigenvalue weighted by molar-refractivity contribution is -0.136. The summed E-state index contributed by atoms with van der Waals surface area (Å²) in [7, 11) is -4.03. The van der Waals surface area contributed by atoms with Crippen molar-refractivity contribution < 1.29 is 23.1 Å². The van der Waals surface area contributed by atoms with Crippen molar-refractivity contribution >= 4 is 55.6 Å². The van der Waals surface area contributed by atoms with Crippen molar-refractivity contribution in [1.82, 2.24) is 0 Å². The highest BCUT2D eigenvalue weighted by Crippen LogP contribution is 2.31. The Hall–Kier alpha value is -3.54. The van der Waals surface area contributed by atoms with Crippen LogP contribution in [-0.2, 0) is 19.6 Å². The van der Waals surface area contributed by atoms with E-state index >= 15 is 0 Å². The zero-order valence-electron chi connectivity index (χ0n) is 17.0. The van der Waals surface area contributed by atoms with Crippen molar-refractivity contribution in [3.8, 4) is 11.8 Å². The van der Waals surface area contributed by atoms with Crippen LogP contribution in [0, 0.1) is 11.8 Å². The van der Waals surface area contributed by atoms with E-state index < -0.39 is 16.0 Å². The van der Waals surface area contributed by atoms with Crippen molar-refractivity contribution in [3.63, 3.8) is 0 Å². The highest BCUT2D eigenvalue weighted by molar-refractivity contribution is 7.93. The van der Waals surface area contributed by atoms with E-state index in [1.165, 1.54) is 31.2 Å². The Labute approximate surface area is 190 Å². The number of carboxylic acid groups (broad SMARTS) is 1. The van der Waals surface area contributed by atoms with Crippen molar-refractivity contribution in [1.29, 1.82) is 0 Å². The molecule has 0 saturated heterocycles. The Kier molecular flexibility index (Phi) is 7.03. The third-order valence-corrected chi connectivity index (χ3v) is 6.05. The van der Waals surface area contributed by atoms with Crippen molar-refractivity contribution in [3.05, 3.63) is 65.2 Å². The Bertz CT molecular complexity index is 1370. The predicted molar refractivity (Wildman–Crippen MR) is 124 cm³/mol. The standard InChI is InChI=1S/C23H19ClN2O5S/c1-15(27)25-21-9-4-8-19-18(21)7-5-10-22(19)32(30,31)26-20-13-12-17(24)14-16(20)6-2-3-11-23(28)29/h4-5,7-10,12-14,26H,3,11H2,1H3,(H,25,27)(H,28,29). The highest BCUT2D eigenvalue weighted by Gasteiger charge is 2.20. The summed E-state index contributed by atoms with van der Waals surface area (Å²) in [5.74, 6) is 4.26. The number of aliphatic carboxylic acids is 1. The molecule has 0 unspecified atom stereocenters. The molecule has 7 nitrogen and oxygen atoms in total. The van der Waals surface area contributed by atoms with Gasteiger partial charge in [0.25, 0.3) is 10.0 Å². The molecule has 0 spiro atoms. The first kappa shape index (κ1) is 23.1. The Morgan fingerprint density at radius 2 is 1.75 bits per heavy atom. The molecule has 0 saturated carbocycles. The molecule has 3 rings (SSSR count). The normalized spacial score (nSPS) is 10.8. The molecule has 0 aliphatic rings. The second-order valence-corrected chi connectivity index (χ2v) is 8.92. The van der Waals surface area contributed by atoms with Gasteiger partial charge in [-0.15, -0.1) is 0 Å².